The number of benzene rings is 1. The van der Waals surface area contributed by atoms with Crippen molar-refractivity contribution < 1.29 is 9.53 Å². The van der Waals surface area contributed by atoms with E-state index in [4.69, 9.17) is 0 Å². The molecule has 0 heterocycles. The standard InChI is InChI=1S/C11H14N2O2/c1-12-9-7-5-4-6-8(9)10(13-2)11(14)15-3/h4-7,12H,1-3H3/b13-10+. The van der Waals surface area contributed by atoms with Crippen molar-refractivity contribution in [2.24, 2.45) is 4.99 Å². The van der Waals surface area contributed by atoms with E-state index >= 15 is 0 Å². The van der Waals surface area contributed by atoms with Gasteiger partial charge >= 0.3 is 5.97 Å². The van der Waals surface area contributed by atoms with Crippen LogP contribution in [0.3, 0.4) is 0 Å². The van der Waals surface area contributed by atoms with Gasteiger partial charge in [0.15, 0.2) is 5.71 Å². The molecule has 0 saturated heterocycles. The van der Waals surface area contributed by atoms with E-state index in [0.717, 1.165) is 11.3 Å². The number of hydrogen-bond acceptors (Lipinski definition) is 4. The summed E-state index contributed by atoms with van der Waals surface area (Å²) in [7, 11) is 4.71. The third-order valence-corrected chi connectivity index (χ3v) is 2.05. The second kappa shape index (κ2) is 5.14. The molecule has 1 N–H and O–H groups in total. The molecule has 0 unspecified atom stereocenters. The molecule has 1 rings (SSSR count). The molecule has 0 bridgehead atoms. The minimum Gasteiger partial charge on any atom is -0.464 e. The van der Waals surface area contributed by atoms with Gasteiger partial charge in [0.05, 0.1) is 7.11 Å². The predicted molar refractivity (Wildman–Crippen MR) is 60.5 cm³/mol. The molecule has 0 saturated carbocycles. The summed E-state index contributed by atoms with van der Waals surface area (Å²) in [4.78, 5) is 15.4. The highest BCUT2D eigenvalue weighted by Gasteiger charge is 2.15. The van der Waals surface area contributed by atoms with Crippen molar-refractivity contribution in [3.8, 4) is 0 Å². The summed E-state index contributed by atoms with van der Waals surface area (Å²) in [6.45, 7) is 0. The van der Waals surface area contributed by atoms with Crippen LogP contribution < -0.4 is 5.32 Å². The van der Waals surface area contributed by atoms with Crippen LogP contribution in [0.25, 0.3) is 0 Å². The van der Waals surface area contributed by atoms with Crippen molar-refractivity contribution in [1.29, 1.82) is 0 Å². The van der Waals surface area contributed by atoms with Crippen LogP contribution in [0, 0.1) is 0 Å². The SMILES string of the molecule is C/N=C(/C(=O)OC)c1ccccc1NC. The van der Waals surface area contributed by atoms with E-state index in [9.17, 15) is 4.79 Å². The molecule has 4 nitrogen and oxygen atoms in total. The third-order valence-electron chi connectivity index (χ3n) is 2.05. The van der Waals surface area contributed by atoms with E-state index < -0.39 is 5.97 Å². The first-order valence-electron chi connectivity index (χ1n) is 4.56. The van der Waals surface area contributed by atoms with E-state index in [-0.39, 0.29) is 0 Å². The van der Waals surface area contributed by atoms with Crippen LogP contribution in [0.5, 0.6) is 0 Å². The molecule has 80 valence electrons. The number of carbonyl (C=O) groups excluding carboxylic acids is 1. The molecular formula is C11H14N2O2. The van der Waals surface area contributed by atoms with Crippen molar-refractivity contribution >= 4 is 17.4 Å². The maximum atomic E-state index is 11.4. The van der Waals surface area contributed by atoms with Gasteiger partial charge in [-0.1, -0.05) is 18.2 Å². The van der Waals surface area contributed by atoms with Crippen LogP contribution in [-0.2, 0) is 9.53 Å². The highest BCUT2D eigenvalue weighted by molar-refractivity contribution is 6.44. The topological polar surface area (TPSA) is 50.7 Å². The summed E-state index contributed by atoms with van der Waals surface area (Å²) in [6.07, 6.45) is 0. The first-order chi connectivity index (χ1) is 7.24. The average molecular weight is 206 g/mol. The quantitative estimate of drug-likeness (QED) is 0.599. The van der Waals surface area contributed by atoms with Crippen LogP contribution in [0.4, 0.5) is 5.69 Å². The number of methoxy groups -OCH3 is 1. The molecule has 1 aromatic carbocycles. The largest absolute Gasteiger partial charge is 0.464 e. The van der Waals surface area contributed by atoms with Crippen LogP contribution in [0.1, 0.15) is 5.56 Å². The molecule has 0 amide bonds. The Kier molecular flexibility index (Phi) is 3.85. The maximum Gasteiger partial charge on any atom is 0.356 e. The Bertz CT molecular complexity index is 386. The fraction of sp³-hybridized carbons (Fsp3) is 0.273. The molecule has 15 heavy (non-hydrogen) atoms. The number of esters is 1. The van der Waals surface area contributed by atoms with Gasteiger partial charge in [0.2, 0.25) is 0 Å². The van der Waals surface area contributed by atoms with Gasteiger partial charge in [-0.25, -0.2) is 4.79 Å². The highest BCUT2D eigenvalue weighted by atomic mass is 16.5. The molecular weight excluding hydrogens is 192 g/mol. The summed E-state index contributed by atoms with van der Waals surface area (Å²) >= 11 is 0. The number of hydrogen-bond donors (Lipinski definition) is 1. The van der Waals surface area contributed by atoms with Crippen molar-refractivity contribution in [1.82, 2.24) is 0 Å². The number of nitrogens with zero attached hydrogens (tertiary/aromatic N) is 1. The van der Waals surface area contributed by atoms with Gasteiger partial charge < -0.3 is 10.1 Å². The lowest BCUT2D eigenvalue weighted by Gasteiger charge is -2.09. The number of rotatable bonds is 3. The molecule has 1 aromatic rings. The van der Waals surface area contributed by atoms with Gasteiger partial charge in [-0.3, -0.25) is 4.99 Å². The van der Waals surface area contributed by atoms with E-state index in [2.05, 4.69) is 15.0 Å². The number of anilines is 1. The lowest BCUT2D eigenvalue weighted by Crippen LogP contribution is -2.18. The molecule has 0 fully saturated rings. The molecule has 0 aliphatic carbocycles. The fourth-order valence-electron chi connectivity index (χ4n) is 1.33. The number of nitrogens with one attached hydrogen (secondary N) is 1. The van der Waals surface area contributed by atoms with Crippen LogP contribution in [0.2, 0.25) is 0 Å². The zero-order valence-electron chi connectivity index (χ0n) is 9.07. The van der Waals surface area contributed by atoms with Crippen molar-refractivity contribution in [3.63, 3.8) is 0 Å². The minimum absolute atomic E-state index is 0.322. The van der Waals surface area contributed by atoms with E-state index in [1.54, 1.807) is 14.1 Å². The van der Waals surface area contributed by atoms with E-state index in [1.807, 2.05) is 24.3 Å². The summed E-state index contributed by atoms with van der Waals surface area (Å²) in [5.41, 5.74) is 1.92. The molecule has 0 radical (unpaired) electrons. The minimum atomic E-state index is -0.430. The Morgan fingerprint density at radius 1 is 1.40 bits per heavy atom. The lowest BCUT2D eigenvalue weighted by molar-refractivity contribution is -0.132. The van der Waals surface area contributed by atoms with Gasteiger partial charge in [-0.2, -0.15) is 0 Å². The highest BCUT2D eigenvalue weighted by Crippen LogP contribution is 2.15. The van der Waals surface area contributed by atoms with Crippen LogP contribution in [-0.4, -0.2) is 32.9 Å². The first kappa shape index (κ1) is 11.2. The summed E-state index contributed by atoms with van der Waals surface area (Å²) in [5, 5.41) is 3.00. The maximum absolute atomic E-state index is 11.4. The van der Waals surface area contributed by atoms with Crippen molar-refractivity contribution in [2.45, 2.75) is 0 Å². The number of ether oxygens (including phenoxy) is 1. The van der Waals surface area contributed by atoms with Gasteiger partial charge in [-0.15, -0.1) is 0 Å². The Hall–Kier alpha value is -1.84. The summed E-state index contributed by atoms with van der Waals surface area (Å²) in [5.74, 6) is -0.430. The van der Waals surface area contributed by atoms with E-state index in [1.165, 1.54) is 7.11 Å². The van der Waals surface area contributed by atoms with Gasteiger partial charge in [-0.05, 0) is 6.07 Å². The second-order valence-corrected chi connectivity index (χ2v) is 2.86. The summed E-state index contributed by atoms with van der Waals surface area (Å²) in [6, 6.07) is 7.44. The number of carbonyl (C=O) groups is 1. The van der Waals surface area contributed by atoms with E-state index in [0.29, 0.717) is 5.71 Å². The van der Waals surface area contributed by atoms with Crippen LogP contribution in [0.15, 0.2) is 29.3 Å². The second-order valence-electron chi connectivity index (χ2n) is 2.86. The molecule has 0 aliphatic rings. The molecule has 0 aliphatic heterocycles. The smallest absolute Gasteiger partial charge is 0.356 e. The van der Waals surface area contributed by atoms with Crippen LogP contribution >= 0.6 is 0 Å². The van der Waals surface area contributed by atoms with Crippen molar-refractivity contribution in [3.05, 3.63) is 29.8 Å². The molecule has 4 heteroatoms. The Labute approximate surface area is 89.0 Å². The Morgan fingerprint density at radius 3 is 2.60 bits per heavy atom. The Morgan fingerprint density at radius 2 is 2.07 bits per heavy atom. The van der Waals surface area contributed by atoms with Crippen molar-refractivity contribution in [2.75, 3.05) is 26.5 Å². The van der Waals surface area contributed by atoms with Gasteiger partial charge in [0.1, 0.15) is 0 Å². The predicted octanol–water partition coefficient (Wildman–Crippen LogP) is 1.32. The zero-order valence-corrected chi connectivity index (χ0v) is 9.07. The summed E-state index contributed by atoms with van der Waals surface area (Å²) < 4.78 is 4.66. The number of para-hydroxylation sites is 1. The number of aliphatic imine (C=N–C) groups is 1. The monoisotopic (exact) mass is 206 g/mol. The average Bonchev–Trinajstić information content (AvgIpc) is 2.30. The molecule has 0 spiro atoms. The Balaban J connectivity index is 3.18. The molecule has 0 aromatic heterocycles. The first-order valence-corrected chi connectivity index (χ1v) is 4.56. The molecule has 0 atom stereocenters. The fourth-order valence-corrected chi connectivity index (χ4v) is 1.33. The van der Waals surface area contributed by atoms with Gasteiger partial charge in [0, 0.05) is 25.3 Å². The lowest BCUT2D eigenvalue weighted by atomic mass is 10.1. The normalized spacial score (nSPS) is 11.0. The third kappa shape index (κ3) is 2.34. The van der Waals surface area contributed by atoms with Gasteiger partial charge in [0.25, 0.3) is 0 Å². The zero-order chi connectivity index (χ0) is 11.3.